The lowest BCUT2D eigenvalue weighted by atomic mass is 10.1. The van der Waals surface area contributed by atoms with E-state index in [0.717, 1.165) is 35.9 Å². The maximum atomic E-state index is 12.6. The molecule has 1 amide bonds. The second-order valence-corrected chi connectivity index (χ2v) is 6.03. The second-order valence-electron chi connectivity index (χ2n) is 6.03. The number of amides is 1. The van der Waals surface area contributed by atoms with Gasteiger partial charge in [0.05, 0.1) is 6.10 Å². The highest BCUT2D eigenvalue weighted by Crippen LogP contribution is 2.27. The Morgan fingerprint density at radius 2 is 2.29 bits per heavy atom. The molecule has 2 unspecified atom stereocenters. The predicted octanol–water partition coefficient (Wildman–Crippen LogP) is 3.12. The van der Waals surface area contributed by atoms with E-state index in [1.807, 2.05) is 36.1 Å². The zero-order chi connectivity index (χ0) is 15.0. The van der Waals surface area contributed by atoms with E-state index < -0.39 is 0 Å². The number of hydrogen-bond donors (Lipinski definition) is 1. The van der Waals surface area contributed by atoms with Crippen molar-refractivity contribution in [2.24, 2.45) is 0 Å². The second kappa shape index (κ2) is 5.53. The molecule has 4 nitrogen and oxygen atoms in total. The number of furan rings is 1. The van der Waals surface area contributed by atoms with Crippen molar-refractivity contribution in [1.82, 2.24) is 4.90 Å². The zero-order valence-electron chi connectivity index (χ0n) is 12.5. The highest BCUT2D eigenvalue weighted by molar-refractivity contribution is 5.96. The van der Waals surface area contributed by atoms with E-state index >= 15 is 0 Å². The number of hydrogen-bond acceptors (Lipinski definition) is 3. The van der Waals surface area contributed by atoms with Crippen molar-refractivity contribution < 1.29 is 14.3 Å². The minimum Gasteiger partial charge on any atom is -0.451 e. The number of carbonyl (C=O) groups is 1. The third-order valence-corrected chi connectivity index (χ3v) is 4.13. The summed E-state index contributed by atoms with van der Waals surface area (Å²) in [5.41, 5.74) is 1.89. The van der Waals surface area contributed by atoms with Crippen LogP contribution in [0.5, 0.6) is 0 Å². The van der Waals surface area contributed by atoms with Gasteiger partial charge in [-0.05, 0) is 51.3 Å². The number of carbonyl (C=O) groups excluding carboxylic acids is 1. The van der Waals surface area contributed by atoms with Gasteiger partial charge < -0.3 is 14.4 Å². The number of aryl methyl sites for hydroxylation is 1. The van der Waals surface area contributed by atoms with E-state index in [2.05, 4.69) is 0 Å². The van der Waals surface area contributed by atoms with E-state index in [-0.39, 0.29) is 18.1 Å². The van der Waals surface area contributed by atoms with Crippen molar-refractivity contribution in [3.63, 3.8) is 0 Å². The van der Waals surface area contributed by atoms with Crippen LogP contribution in [0.2, 0.25) is 0 Å². The van der Waals surface area contributed by atoms with Crippen LogP contribution < -0.4 is 0 Å². The van der Waals surface area contributed by atoms with Gasteiger partial charge in [0.2, 0.25) is 0 Å². The lowest BCUT2D eigenvalue weighted by Crippen LogP contribution is -2.37. The molecule has 1 aliphatic rings. The van der Waals surface area contributed by atoms with Crippen molar-refractivity contribution in [2.75, 3.05) is 6.54 Å². The largest absolute Gasteiger partial charge is 0.451 e. The summed E-state index contributed by atoms with van der Waals surface area (Å²) in [6.45, 7) is 4.53. The number of benzene rings is 1. The highest BCUT2D eigenvalue weighted by Gasteiger charge is 2.31. The number of aliphatic hydroxyl groups is 1. The summed E-state index contributed by atoms with van der Waals surface area (Å²) in [4.78, 5) is 14.5. The molecule has 1 aromatic heterocycles. The van der Waals surface area contributed by atoms with Crippen molar-refractivity contribution in [1.29, 1.82) is 0 Å². The van der Waals surface area contributed by atoms with Gasteiger partial charge in [0.1, 0.15) is 5.58 Å². The summed E-state index contributed by atoms with van der Waals surface area (Å²) >= 11 is 0. The smallest absolute Gasteiger partial charge is 0.289 e. The number of nitrogens with zero attached hydrogens (tertiary/aromatic N) is 1. The number of aliphatic hydroxyl groups excluding tert-OH is 1. The molecular weight excluding hydrogens is 266 g/mol. The van der Waals surface area contributed by atoms with Crippen LogP contribution in [0.1, 0.15) is 42.3 Å². The summed E-state index contributed by atoms with van der Waals surface area (Å²) in [6, 6.07) is 7.84. The van der Waals surface area contributed by atoms with Gasteiger partial charge in [-0.25, -0.2) is 0 Å². The van der Waals surface area contributed by atoms with Gasteiger partial charge in [0, 0.05) is 18.0 Å². The third kappa shape index (κ3) is 2.81. The Balaban J connectivity index is 1.85. The van der Waals surface area contributed by atoms with Crippen LogP contribution in [0.25, 0.3) is 11.0 Å². The fourth-order valence-electron chi connectivity index (χ4n) is 3.15. The lowest BCUT2D eigenvalue weighted by Gasteiger charge is -2.24. The highest BCUT2D eigenvalue weighted by atomic mass is 16.3. The Labute approximate surface area is 124 Å². The van der Waals surface area contributed by atoms with Crippen molar-refractivity contribution in [2.45, 2.75) is 45.3 Å². The average molecular weight is 287 g/mol. The minimum atomic E-state index is -0.387. The molecule has 1 saturated heterocycles. The minimum absolute atomic E-state index is 0.0630. The maximum Gasteiger partial charge on any atom is 0.289 e. The predicted molar refractivity (Wildman–Crippen MR) is 81.3 cm³/mol. The van der Waals surface area contributed by atoms with Gasteiger partial charge in [0.15, 0.2) is 5.76 Å². The summed E-state index contributed by atoms with van der Waals surface area (Å²) in [6.07, 6.45) is 2.19. The first kappa shape index (κ1) is 14.1. The first-order chi connectivity index (χ1) is 10.0. The molecule has 0 saturated carbocycles. The van der Waals surface area contributed by atoms with E-state index in [4.69, 9.17) is 4.42 Å². The Hall–Kier alpha value is -1.81. The SMILES string of the molecule is Cc1ccc2oc(C(=O)N3CCCC3CC(C)O)cc2c1. The van der Waals surface area contributed by atoms with Gasteiger partial charge in [-0.2, -0.15) is 0 Å². The van der Waals surface area contributed by atoms with Crippen LogP contribution in [-0.2, 0) is 0 Å². The molecule has 1 aliphatic heterocycles. The zero-order valence-corrected chi connectivity index (χ0v) is 12.5. The molecule has 1 fully saturated rings. The third-order valence-electron chi connectivity index (χ3n) is 4.13. The molecule has 21 heavy (non-hydrogen) atoms. The van der Waals surface area contributed by atoms with Crippen molar-refractivity contribution in [3.8, 4) is 0 Å². The van der Waals surface area contributed by atoms with Gasteiger partial charge in [-0.3, -0.25) is 4.79 Å². The normalized spacial score (nSPS) is 20.1. The molecule has 2 heterocycles. The first-order valence-corrected chi connectivity index (χ1v) is 7.54. The fraction of sp³-hybridized carbons (Fsp3) is 0.471. The Morgan fingerprint density at radius 3 is 3.05 bits per heavy atom. The molecule has 4 heteroatoms. The molecule has 0 radical (unpaired) electrons. The number of rotatable bonds is 3. The van der Waals surface area contributed by atoms with Crippen LogP contribution >= 0.6 is 0 Å². The molecule has 1 N–H and O–H groups in total. The summed E-state index contributed by atoms with van der Waals surface area (Å²) in [5, 5.41) is 10.5. The summed E-state index contributed by atoms with van der Waals surface area (Å²) in [5.74, 6) is 0.333. The Kier molecular flexibility index (Phi) is 3.72. The van der Waals surface area contributed by atoms with Gasteiger partial charge in [0.25, 0.3) is 5.91 Å². The summed E-state index contributed by atoms with van der Waals surface area (Å²) in [7, 11) is 0. The number of fused-ring (bicyclic) bond motifs is 1. The van der Waals surface area contributed by atoms with E-state index in [1.165, 1.54) is 0 Å². The topological polar surface area (TPSA) is 53.7 Å². The monoisotopic (exact) mass is 287 g/mol. The van der Waals surface area contributed by atoms with Gasteiger partial charge in [-0.15, -0.1) is 0 Å². The molecule has 0 aliphatic carbocycles. The maximum absolute atomic E-state index is 12.6. The molecule has 1 aromatic carbocycles. The van der Waals surface area contributed by atoms with Crippen LogP contribution in [0.4, 0.5) is 0 Å². The Morgan fingerprint density at radius 1 is 1.48 bits per heavy atom. The van der Waals surface area contributed by atoms with Crippen LogP contribution in [0.3, 0.4) is 0 Å². The molecule has 2 atom stereocenters. The molecule has 0 bridgehead atoms. The van der Waals surface area contributed by atoms with Crippen LogP contribution in [0, 0.1) is 6.92 Å². The van der Waals surface area contributed by atoms with Gasteiger partial charge in [-0.1, -0.05) is 11.6 Å². The first-order valence-electron chi connectivity index (χ1n) is 7.54. The average Bonchev–Trinajstić information content (AvgIpc) is 3.03. The van der Waals surface area contributed by atoms with Crippen LogP contribution in [-0.4, -0.2) is 34.6 Å². The fourth-order valence-corrected chi connectivity index (χ4v) is 3.15. The van der Waals surface area contributed by atoms with E-state index in [9.17, 15) is 9.90 Å². The molecule has 0 spiro atoms. The summed E-state index contributed by atoms with van der Waals surface area (Å²) < 4.78 is 5.70. The van der Waals surface area contributed by atoms with Crippen LogP contribution in [0.15, 0.2) is 28.7 Å². The standard InChI is InChI=1S/C17H21NO3/c1-11-5-6-15-13(8-11)10-16(21-15)17(20)18-7-3-4-14(18)9-12(2)19/h5-6,8,10,12,14,19H,3-4,7,9H2,1-2H3. The van der Waals surface area contributed by atoms with Crippen molar-refractivity contribution >= 4 is 16.9 Å². The number of likely N-dealkylation sites (tertiary alicyclic amines) is 1. The van der Waals surface area contributed by atoms with E-state index in [1.54, 1.807) is 6.92 Å². The van der Waals surface area contributed by atoms with Crippen molar-refractivity contribution in [3.05, 3.63) is 35.6 Å². The Bertz CT molecular complexity index is 659. The van der Waals surface area contributed by atoms with E-state index in [0.29, 0.717) is 12.2 Å². The lowest BCUT2D eigenvalue weighted by molar-refractivity contribution is 0.0653. The van der Waals surface area contributed by atoms with Gasteiger partial charge >= 0.3 is 0 Å². The molecule has 3 rings (SSSR count). The molecule has 2 aromatic rings. The molecule has 112 valence electrons. The molecular formula is C17H21NO3. The quantitative estimate of drug-likeness (QED) is 0.943.